The fraction of sp³-hybridized carbons (Fsp3) is 0.500. The highest BCUT2D eigenvalue weighted by Gasteiger charge is 2.39. The Morgan fingerprint density at radius 3 is 2.73 bits per heavy atom. The lowest BCUT2D eigenvalue weighted by Gasteiger charge is -2.21. The van der Waals surface area contributed by atoms with Gasteiger partial charge in [-0.25, -0.2) is 4.98 Å². The Kier molecular flexibility index (Phi) is 3.78. The number of ether oxygens (including phenoxy) is 1. The average molecular weight is 303 g/mol. The number of aryl methyl sites for hydroxylation is 3. The molecular formula is C16H21N3O3. The Hall–Kier alpha value is -2.08. The predicted octanol–water partition coefficient (Wildman–Crippen LogP) is 2.53. The van der Waals surface area contributed by atoms with Gasteiger partial charge in [-0.2, -0.15) is 0 Å². The van der Waals surface area contributed by atoms with Crippen molar-refractivity contribution in [3.05, 3.63) is 40.9 Å². The number of carbonyl (C=O) groups is 1. The van der Waals surface area contributed by atoms with Crippen LogP contribution in [0, 0.1) is 20.8 Å². The van der Waals surface area contributed by atoms with Gasteiger partial charge in [-0.05, 0) is 32.9 Å². The first-order valence-corrected chi connectivity index (χ1v) is 7.43. The zero-order valence-corrected chi connectivity index (χ0v) is 13.3. The Bertz CT molecular complexity index is 669. The first-order chi connectivity index (χ1) is 10.5. The van der Waals surface area contributed by atoms with Gasteiger partial charge in [-0.1, -0.05) is 0 Å². The van der Waals surface area contributed by atoms with Gasteiger partial charge in [-0.3, -0.25) is 4.79 Å². The quantitative estimate of drug-likeness (QED) is 0.946. The summed E-state index contributed by atoms with van der Waals surface area (Å²) in [6.45, 7) is 6.31. The van der Waals surface area contributed by atoms with Crippen molar-refractivity contribution in [2.24, 2.45) is 0 Å². The molecule has 118 valence electrons. The van der Waals surface area contributed by atoms with E-state index >= 15 is 0 Å². The number of hydrogen-bond acceptors (Lipinski definition) is 4. The molecule has 0 spiro atoms. The lowest BCUT2D eigenvalue weighted by atomic mass is 10.2. The van der Waals surface area contributed by atoms with Crippen LogP contribution in [0.4, 0.5) is 0 Å². The molecule has 3 heterocycles. The summed E-state index contributed by atoms with van der Waals surface area (Å²) in [5.74, 6) is 1.78. The molecule has 1 aliphatic rings. The van der Waals surface area contributed by atoms with Gasteiger partial charge >= 0.3 is 0 Å². The van der Waals surface area contributed by atoms with E-state index in [-0.39, 0.29) is 18.1 Å². The predicted molar refractivity (Wildman–Crippen MR) is 80.7 cm³/mol. The van der Waals surface area contributed by atoms with Crippen molar-refractivity contribution in [2.75, 3.05) is 13.7 Å². The lowest BCUT2D eigenvalue weighted by Crippen LogP contribution is -2.32. The third-order valence-electron chi connectivity index (χ3n) is 4.27. The van der Waals surface area contributed by atoms with Crippen molar-refractivity contribution in [1.82, 2.24) is 14.9 Å². The molecule has 1 amide bonds. The minimum atomic E-state index is -0.121. The summed E-state index contributed by atoms with van der Waals surface area (Å²) in [5.41, 5.74) is 1.98. The third kappa shape index (κ3) is 2.54. The second-order valence-corrected chi connectivity index (χ2v) is 5.81. The van der Waals surface area contributed by atoms with Crippen molar-refractivity contribution in [3.8, 4) is 0 Å². The van der Waals surface area contributed by atoms with Gasteiger partial charge in [0.2, 0.25) is 0 Å². The number of likely N-dealkylation sites (tertiary alicyclic amines) is 1. The first-order valence-electron chi connectivity index (χ1n) is 7.43. The summed E-state index contributed by atoms with van der Waals surface area (Å²) >= 11 is 0. The molecule has 6 nitrogen and oxygen atoms in total. The molecule has 1 saturated heterocycles. The third-order valence-corrected chi connectivity index (χ3v) is 4.27. The van der Waals surface area contributed by atoms with Crippen LogP contribution in [0.25, 0.3) is 0 Å². The number of aromatic amines is 1. The number of methoxy groups -OCH3 is 1. The second kappa shape index (κ2) is 5.61. The molecule has 3 rings (SSSR count). The highest BCUT2D eigenvalue weighted by molar-refractivity contribution is 5.92. The van der Waals surface area contributed by atoms with E-state index < -0.39 is 0 Å². The minimum absolute atomic E-state index is 0.00993. The zero-order chi connectivity index (χ0) is 15.9. The molecule has 2 aromatic heterocycles. The summed E-state index contributed by atoms with van der Waals surface area (Å²) < 4.78 is 10.9. The van der Waals surface area contributed by atoms with Gasteiger partial charge in [0.05, 0.1) is 17.8 Å². The highest BCUT2D eigenvalue weighted by atomic mass is 16.5. The lowest BCUT2D eigenvalue weighted by molar-refractivity contribution is 0.0653. The van der Waals surface area contributed by atoms with Crippen molar-refractivity contribution >= 4 is 5.91 Å². The number of furan rings is 1. The largest absolute Gasteiger partial charge is 0.456 e. The topological polar surface area (TPSA) is 71.4 Å². The molecule has 0 radical (unpaired) electrons. The number of amides is 1. The summed E-state index contributed by atoms with van der Waals surface area (Å²) in [5, 5.41) is 0. The molecule has 1 fully saturated rings. The van der Waals surface area contributed by atoms with Crippen molar-refractivity contribution in [2.45, 2.75) is 39.3 Å². The van der Waals surface area contributed by atoms with Gasteiger partial charge in [-0.15, -0.1) is 0 Å². The maximum Gasteiger partial charge on any atom is 0.290 e. The highest BCUT2D eigenvalue weighted by Crippen LogP contribution is 2.33. The number of rotatable bonds is 3. The number of aromatic nitrogens is 2. The molecule has 22 heavy (non-hydrogen) atoms. The van der Waals surface area contributed by atoms with Crippen LogP contribution in [0.5, 0.6) is 0 Å². The maximum absolute atomic E-state index is 12.7. The summed E-state index contributed by atoms with van der Waals surface area (Å²) in [7, 11) is 1.67. The Labute approximate surface area is 129 Å². The fourth-order valence-corrected chi connectivity index (χ4v) is 2.88. The van der Waals surface area contributed by atoms with Crippen LogP contribution in [0.2, 0.25) is 0 Å². The number of nitrogens with one attached hydrogen (secondary N) is 1. The van der Waals surface area contributed by atoms with Crippen LogP contribution < -0.4 is 0 Å². The number of imidazole rings is 1. The Morgan fingerprint density at radius 1 is 1.41 bits per heavy atom. The van der Waals surface area contributed by atoms with E-state index in [4.69, 9.17) is 9.15 Å². The van der Waals surface area contributed by atoms with E-state index in [0.29, 0.717) is 12.3 Å². The fourth-order valence-electron chi connectivity index (χ4n) is 2.88. The first kappa shape index (κ1) is 14.8. The van der Waals surface area contributed by atoms with Crippen molar-refractivity contribution in [3.63, 3.8) is 0 Å². The van der Waals surface area contributed by atoms with E-state index in [2.05, 4.69) is 9.97 Å². The van der Waals surface area contributed by atoms with E-state index in [1.54, 1.807) is 24.1 Å². The van der Waals surface area contributed by atoms with Crippen LogP contribution in [-0.2, 0) is 4.74 Å². The second-order valence-electron chi connectivity index (χ2n) is 5.81. The number of carbonyl (C=O) groups excluding carboxylic acids is 1. The van der Waals surface area contributed by atoms with Crippen LogP contribution in [0.15, 0.2) is 16.5 Å². The molecule has 6 heteroatoms. The molecule has 1 N–H and O–H groups in total. The Morgan fingerprint density at radius 2 is 2.18 bits per heavy atom. The molecule has 0 saturated carbocycles. The minimum Gasteiger partial charge on any atom is -0.456 e. The van der Waals surface area contributed by atoms with Crippen LogP contribution >= 0.6 is 0 Å². The van der Waals surface area contributed by atoms with Gasteiger partial charge in [0, 0.05) is 25.8 Å². The summed E-state index contributed by atoms with van der Waals surface area (Å²) in [6, 6.07) is 3.40. The molecule has 1 aliphatic heterocycles. The molecule has 0 aliphatic carbocycles. The van der Waals surface area contributed by atoms with Crippen molar-refractivity contribution in [1.29, 1.82) is 0 Å². The molecule has 0 aromatic carbocycles. The number of H-pyrrole nitrogens is 1. The van der Waals surface area contributed by atoms with Gasteiger partial charge < -0.3 is 19.0 Å². The normalized spacial score (nSPS) is 21.5. The molecule has 2 aromatic rings. The van der Waals surface area contributed by atoms with Crippen LogP contribution in [-0.4, -0.2) is 40.5 Å². The zero-order valence-electron chi connectivity index (χ0n) is 13.3. The molecule has 2 atom stereocenters. The SMILES string of the molecule is CO[C@@H]1C[C@@H](c2nc(C)c(C)[nH]2)N(C(=O)c2ccc(C)o2)C1. The van der Waals surface area contributed by atoms with Gasteiger partial charge in [0.25, 0.3) is 5.91 Å². The van der Waals surface area contributed by atoms with Crippen LogP contribution in [0.3, 0.4) is 0 Å². The smallest absolute Gasteiger partial charge is 0.290 e. The van der Waals surface area contributed by atoms with Gasteiger partial charge in [0.1, 0.15) is 11.6 Å². The van der Waals surface area contributed by atoms with Crippen molar-refractivity contribution < 1.29 is 13.9 Å². The van der Waals surface area contributed by atoms with E-state index in [1.807, 2.05) is 20.8 Å². The van der Waals surface area contributed by atoms with Crippen LogP contribution in [0.1, 0.15) is 46.0 Å². The monoisotopic (exact) mass is 303 g/mol. The van der Waals surface area contributed by atoms with E-state index in [0.717, 1.165) is 29.4 Å². The Balaban J connectivity index is 1.91. The maximum atomic E-state index is 12.7. The van der Waals surface area contributed by atoms with E-state index in [1.165, 1.54) is 0 Å². The molecule has 0 bridgehead atoms. The summed E-state index contributed by atoms with van der Waals surface area (Å²) in [6.07, 6.45) is 0.740. The number of hydrogen-bond donors (Lipinski definition) is 1. The molecule has 0 unspecified atom stereocenters. The summed E-state index contributed by atoms with van der Waals surface area (Å²) in [4.78, 5) is 22.4. The standard InChI is InChI=1S/C16H21N3O3/c1-9-5-6-14(22-9)16(20)19-8-12(21-4)7-13(19)15-17-10(2)11(3)18-15/h5-6,12-13H,7-8H2,1-4H3,(H,17,18)/t12-,13+/m1/s1. The van der Waals surface area contributed by atoms with Gasteiger partial charge in [0.15, 0.2) is 5.76 Å². The number of nitrogens with zero attached hydrogens (tertiary/aromatic N) is 2. The average Bonchev–Trinajstić information content (AvgIpc) is 3.18. The van der Waals surface area contributed by atoms with E-state index in [9.17, 15) is 4.79 Å². The molecular weight excluding hydrogens is 282 g/mol.